The molecule has 0 atom stereocenters. The van der Waals surface area contributed by atoms with Crippen molar-refractivity contribution < 1.29 is 14.3 Å². The molecular weight excluding hydrogens is 168 g/mol. The second-order valence-electron chi connectivity index (χ2n) is 2.69. The highest BCUT2D eigenvalue weighted by Gasteiger charge is 2.30. The Morgan fingerprint density at radius 1 is 1.55 bits per heavy atom. The van der Waals surface area contributed by atoms with Gasteiger partial charge in [0.15, 0.2) is 5.79 Å². The van der Waals surface area contributed by atoms with Gasteiger partial charge in [-0.25, -0.2) is 0 Å². The first-order chi connectivity index (χ1) is 5.12. The summed E-state index contributed by atoms with van der Waals surface area (Å²) in [5, 5.41) is -0.342. The van der Waals surface area contributed by atoms with E-state index < -0.39 is 5.79 Å². The summed E-state index contributed by atoms with van der Waals surface area (Å²) in [6, 6.07) is 0. The van der Waals surface area contributed by atoms with Crippen molar-refractivity contribution in [1.82, 2.24) is 0 Å². The topological polar surface area (TPSA) is 35.5 Å². The molecule has 1 aliphatic rings. The van der Waals surface area contributed by atoms with Crippen LogP contribution in [-0.2, 0) is 14.3 Å². The molecule has 1 fully saturated rings. The van der Waals surface area contributed by atoms with Crippen LogP contribution in [0.2, 0.25) is 0 Å². The molecule has 4 heteroatoms. The summed E-state index contributed by atoms with van der Waals surface area (Å²) in [6.07, 6.45) is 0.841. The van der Waals surface area contributed by atoms with Crippen LogP contribution in [0, 0.1) is 0 Å². The number of hydrogen-bond donors (Lipinski definition) is 0. The van der Waals surface area contributed by atoms with Crippen LogP contribution in [0.15, 0.2) is 0 Å². The van der Waals surface area contributed by atoms with Crippen molar-refractivity contribution in [2.24, 2.45) is 0 Å². The average molecular weight is 179 g/mol. The fourth-order valence-corrected chi connectivity index (χ4v) is 1.12. The lowest BCUT2D eigenvalue weighted by Crippen LogP contribution is -2.25. The summed E-state index contributed by atoms with van der Waals surface area (Å²) in [5.41, 5.74) is 0. The summed E-state index contributed by atoms with van der Waals surface area (Å²) in [7, 11) is 0. The van der Waals surface area contributed by atoms with E-state index in [1.54, 1.807) is 0 Å². The fraction of sp³-hybridized carbons (Fsp3) is 0.857. The van der Waals surface area contributed by atoms with Crippen LogP contribution in [0.5, 0.6) is 0 Å². The predicted octanol–water partition coefficient (Wildman–Crippen LogP) is 1.29. The molecule has 0 aromatic rings. The zero-order valence-electron chi connectivity index (χ0n) is 6.43. The van der Waals surface area contributed by atoms with E-state index in [2.05, 4.69) is 0 Å². The van der Waals surface area contributed by atoms with Crippen LogP contribution >= 0.6 is 11.6 Å². The van der Waals surface area contributed by atoms with Gasteiger partial charge in [0.2, 0.25) is 5.24 Å². The fourth-order valence-electron chi connectivity index (χ4n) is 1.03. The predicted molar refractivity (Wildman–Crippen MR) is 40.4 cm³/mol. The molecule has 0 aliphatic carbocycles. The molecule has 64 valence electrons. The Hall–Kier alpha value is -0.120. The highest BCUT2D eigenvalue weighted by molar-refractivity contribution is 6.63. The molecule has 11 heavy (non-hydrogen) atoms. The molecule has 0 N–H and O–H groups in total. The molecule has 3 nitrogen and oxygen atoms in total. The van der Waals surface area contributed by atoms with Crippen LogP contribution in [0.25, 0.3) is 0 Å². The lowest BCUT2D eigenvalue weighted by Gasteiger charge is -2.20. The number of carbonyl (C=O) groups excluding carboxylic acids is 1. The van der Waals surface area contributed by atoms with Gasteiger partial charge < -0.3 is 9.47 Å². The molecule has 1 rings (SSSR count). The van der Waals surface area contributed by atoms with Crippen molar-refractivity contribution in [2.75, 3.05) is 13.2 Å². The Labute approximate surface area is 70.6 Å². The molecule has 0 aromatic carbocycles. The van der Waals surface area contributed by atoms with Crippen molar-refractivity contribution >= 4 is 16.8 Å². The molecule has 1 saturated heterocycles. The van der Waals surface area contributed by atoms with Crippen LogP contribution in [0.1, 0.15) is 19.8 Å². The number of halogens is 1. The van der Waals surface area contributed by atoms with Gasteiger partial charge in [0.25, 0.3) is 0 Å². The van der Waals surface area contributed by atoms with Crippen LogP contribution in [-0.4, -0.2) is 24.2 Å². The second kappa shape index (κ2) is 3.52. The van der Waals surface area contributed by atoms with Crippen molar-refractivity contribution in [2.45, 2.75) is 25.6 Å². The van der Waals surface area contributed by atoms with Gasteiger partial charge in [-0.05, 0) is 18.5 Å². The summed E-state index contributed by atoms with van der Waals surface area (Å²) >= 11 is 5.17. The largest absolute Gasteiger partial charge is 0.348 e. The number of ether oxygens (including phenoxy) is 2. The number of rotatable bonds is 3. The van der Waals surface area contributed by atoms with Crippen molar-refractivity contribution in [3.05, 3.63) is 0 Å². The minimum Gasteiger partial charge on any atom is -0.348 e. The highest BCUT2D eigenvalue weighted by Crippen LogP contribution is 2.24. The molecule has 1 heterocycles. The molecule has 0 aromatic heterocycles. The van der Waals surface area contributed by atoms with Crippen molar-refractivity contribution in [3.63, 3.8) is 0 Å². The van der Waals surface area contributed by atoms with Gasteiger partial charge in [-0.1, -0.05) is 0 Å². The van der Waals surface area contributed by atoms with Crippen molar-refractivity contribution in [1.29, 1.82) is 0 Å². The highest BCUT2D eigenvalue weighted by atomic mass is 35.5. The Balaban J connectivity index is 2.28. The summed E-state index contributed by atoms with van der Waals surface area (Å²) in [6.45, 7) is 3.03. The SMILES string of the molecule is CC1(CCC(=O)Cl)OCCO1. The van der Waals surface area contributed by atoms with Crippen LogP contribution in [0.4, 0.5) is 0 Å². The summed E-state index contributed by atoms with van der Waals surface area (Å²) < 4.78 is 10.5. The maximum absolute atomic E-state index is 10.4. The Morgan fingerprint density at radius 2 is 2.09 bits per heavy atom. The van der Waals surface area contributed by atoms with E-state index >= 15 is 0 Å². The van der Waals surface area contributed by atoms with Gasteiger partial charge in [-0.15, -0.1) is 0 Å². The molecule has 0 spiro atoms. The third-order valence-electron chi connectivity index (χ3n) is 1.67. The van der Waals surface area contributed by atoms with Gasteiger partial charge in [0, 0.05) is 12.8 Å². The van der Waals surface area contributed by atoms with E-state index in [4.69, 9.17) is 21.1 Å². The van der Waals surface area contributed by atoms with E-state index in [9.17, 15) is 4.79 Å². The maximum atomic E-state index is 10.4. The van der Waals surface area contributed by atoms with E-state index in [1.165, 1.54) is 0 Å². The molecule has 0 saturated carbocycles. The zero-order valence-corrected chi connectivity index (χ0v) is 7.19. The first-order valence-corrected chi connectivity index (χ1v) is 3.96. The standard InChI is InChI=1S/C7H11ClO3/c1-7(3-2-6(8)9)10-4-5-11-7/h2-5H2,1H3. The van der Waals surface area contributed by atoms with Gasteiger partial charge >= 0.3 is 0 Å². The van der Waals surface area contributed by atoms with E-state index in [0.717, 1.165) is 0 Å². The zero-order chi connectivity index (χ0) is 8.32. The second-order valence-corrected chi connectivity index (χ2v) is 3.11. The number of carbonyl (C=O) groups is 1. The van der Waals surface area contributed by atoms with Crippen LogP contribution in [0.3, 0.4) is 0 Å². The normalized spacial score (nSPS) is 22.0. The lowest BCUT2D eigenvalue weighted by molar-refractivity contribution is -0.149. The Kier molecular flexibility index (Phi) is 2.87. The van der Waals surface area contributed by atoms with Gasteiger partial charge in [0.05, 0.1) is 13.2 Å². The lowest BCUT2D eigenvalue weighted by atomic mass is 10.2. The summed E-state index contributed by atoms with van der Waals surface area (Å²) in [5.74, 6) is -0.579. The molecule has 0 amide bonds. The van der Waals surface area contributed by atoms with Gasteiger partial charge in [-0.2, -0.15) is 0 Å². The Bertz CT molecular complexity index is 152. The van der Waals surface area contributed by atoms with Crippen LogP contribution < -0.4 is 0 Å². The quantitative estimate of drug-likeness (QED) is 0.611. The maximum Gasteiger partial charge on any atom is 0.221 e. The minimum atomic E-state index is -0.579. The van der Waals surface area contributed by atoms with Gasteiger partial charge in [-0.3, -0.25) is 4.79 Å². The Morgan fingerprint density at radius 3 is 2.55 bits per heavy atom. The molecule has 0 unspecified atom stereocenters. The van der Waals surface area contributed by atoms with Crippen molar-refractivity contribution in [3.8, 4) is 0 Å². The molecule has 0 bridgehead atoms. The van der Waals surface area contributed by atoms with E-state index in [1.807, 2.05) is 6.92 Å². The minimum absolute atomic E-state index is 0.304. The smallest absolute Gasteiger partial charge is 0.221 e. The van der Waals surface area contributed by atoms with E-state index in [-0.39, 0.29) is 5.24 Å². The monoisotopic (exact) mass is 178 g/mol. The first kappa shape index (κ1) is 8.97. The van der Waals surface area contributed by atoms with E-state index in [0.29, 0.717) is 26.1 Å². The average Bonchev–Trinajstić information content (AvgIpc) is 2.33. The molecule has 1 aliphatic heterocycles. The molecular formula is C7H11ClO3. The summed E-state index contributed by atoms with van der Waals surface area (Å²) in [4.78, 5) is 10.4. The first-order valence-electron chi connectivity index (χ1n) is 3.59. The van der Waals surface area contributed by atoms with Gasteiger partial charge in [0.1, 0.15) is 0 Å². The number of hydrogen-bond acceptors (Lipinski definition) is 3. The third-order valence-corrected chi connectivity index (χ3v) is 1.86. The molecule has 0 radical (unpaired) electrons. The third kappa shape index (κ3) is 2.77.